The maximum atomic E-state index is 12.5. The van der Waals surface area contributed by atoms with Gasteiger partial charge in [-0.3, -0.25) is 4.98 Å². The van der Waals surface area contributed by atoms with Crippen molar-refractivity contribution >= 4 is 0 Å². The number of hydrogen-bond donors (Lipinski definition) is 1. The summed E-state index contributed by atoms with van der Waals surface area (Å²) in [6, 6.07) is 6.30. The monoisotopic (exact) mass is 296 g/mol. The van der Waals surface area contributed by atoms with E-state index < -0.39 is 11.7 Å². The Bertz CT molecular complexity index is 582. The van der Waals surface area contributed by atoms with E-state index >= 15 is 0 Å². The van der Waals surface area contributed by atoms with Crippen LogP contribution in [0.2, 0.25) is 0 Å². The lowest BCUT2D eigenvalue weighted by atomic mass is 10.2. The standard InChI is InChI=1S/C15H15F3N2O/c1-2-19-9-11-10-20-8-7-14(11)21-13-5-3-12(4-6-13)15(16,17)18/h3-8,10,19H,2,9H2,1H3. The molecule has 1 heterocycles. The molecule has 6 heteroatoms. The molecule has 0 aliphatic heterocycles. The largest absolute Gasteiger partial charge is 0.457 e. The summed E-state index contributed by atoms with van der Waals surface area (Å²) >= 11 is 0. The van der Waals surface area contributed by atoms with Gasteiger partial charge in [-0.1, -0.05) is 6.92 Å². The van der Waals surface area contributed by atoms with Crippen molar-refractivity contribution in [3.8, 4) is 11.5 Å². The van der Waals surface area contributed by atoms with E-state index in [0.717, 1.165) is 24.2 Å². The van der Waals surface area contributed by atoms with Gasteiger partial charge in [-0.05, 0) is 36.9 Å². The van der Waals surface area contributed by atoms with Crippen LogP contribution in [-0.4, -0.2) is 11.5 Å². The first-order valence-corrected chi connectivity index (χ1v) is 6.49. The van der Waals surface area contributed by atoms with E-state index in [0.29, 0.717) is 18.0 Å². The molecule has 1 N–H and O–H groups in total. The van der Waals surface area contributed by atoms with Crippen LogP contribution in [0.5, 0.6) is 11.5 Å². The first kappa shape index (κ1) is 15.3. The number of alkyl halides is 3. The minimum Gasteiger partial charge on any atom is -0.457 e. The Kier molecular flexibility index (Phi) is 4.80. The van der Waals surface area contributed by atoms with Crippen LogP contribution < -0.4 is 10.1 Å². The summed E-state index contributed by atoms with van der Waals surface area (Å²) in [5, 5.41) is 3.15. The molecule has 1 aromatic carbocycles. The summed E-state index contributed by atoms with van der Waals surface area (Å²) in [5.41, 5.74) is 0.150. The molecule has 0 bridgehead atoms. The molecule has 112 valence electrons. The van der Waals surface area contributed by atoms with E-state index in [9.17, 15) is 13.2 Å². The molecule has 0 aliphatic carbocycles. The van der Waals surface area contributed by atoms with Crippen LogP contribution in [0.25, 0.3) is 0 Å². The lowest BCUT2D eigenvalue weighted by Gasteiger charge is -2.12. The van der Waals surface area contributed by atoms with Gasteiger partial charge in [0.1, 0.15) is 11.5 Å². The van der Waals surface area contributed by atoms with E-state index in [-0.39, 0.29) is 0 Å². The first-order valence-electron chi connectivity index (χ1n) is 6.49. The van der Waals surface area contributed by atoms with Crippen LogP contribution in [0.15, 0.2) is 42.7 Å². The number of nitrogens with zero attached hydrogens (tertiary/aromatic N) is 1. The number of pyridine rings is 1. The summed E-state index contributed by atoms with van der Waals surface area (Å²) in [4.78, 5) is 4.02. The Morgan fingerprint density at radius 1 is 1.14 bits per heavy atom. The minimum atomic E-state index is -4.34. The highest BCUT2D eigenvalue weighted by Crippen LogP contribution is 2.31. The highest BCUT2D eigenvalue weighted by Gasteiger charge is 2.30. The Hall–Kier alpha value is -2.08. The summed E-state index contributed by atoms with van der Waals surface area (Å²) in [6.07, 6.45) is -1.09. The summed E-state index contributed by atoms with van der Waals surface area (Å²) in [6.45, 7) is 3.36. The Morgan fingerprint density at radius 3 is 2.48 bits per heavy atom. The first-order chi connectivity index (χ1) is 10.0. The number of ether oxygens (including phenoxy) is 1. The van der Waals surface area contributed by atoms with Gasteiger partial charge in [0, 0.05) is 24.5 Å². The SMILES string of the molecule is CCNCc1cnccc1Oc1ccc(C(F)(F)F)cc1. The second kappa shape index (κ2) is 6.58. The lowest BCUT2D eigenvalue weighted by molar-refractivity contribution is -0.137. The topological polar surface area (TPSA) is 34.2 Å². The van der Waals surface area contributed by atoms with Crippen molar-refractivity contribution in [2.75, 3.05) is 6.54 Å². The van der Waals surface area contributed by atoms with Crippen molar-refractivity contribution in [1.29, 1.82) is 0 Å². The molecule has 0 unspecified atom stereocenters. The molecule has 2 rings (SSSR count). The van der Waals surface area contributed by atoms with Gasteiger partial charge < -0.3 is 10.1 Å². The second-order valence-corrected chi connectivity index (χ2v) is 4.39. The molecule has 0 fully saturated rings. The normalized spacial score (nSPS) is 11.4. The van der Waals surface area contributed by atoms with Gasteiger partial charge in [-0.15, -0.1) is 0 Å². The van der Waals surface area contributed by atoms with Crippen LogP contribution in [0.4, 0.5) is 13.2 Å². The molecular formula is C15H15F3N2O. The molecule has 0 aliphatic rings. The van der Waals surface area contributed by atoms with Gasteiger partial charge in [-0.25, -0.2) is 0 Å². The molecule has 0 saturated heterocycles. The van der Waals surface area contributed by atoms with Gasteiger partial charge in [0.2, 0.25) is 0 Å². The van der Waals surface area contributed by atoms with Crippen LogP contribution in [0.1, 0.15) is 18.1 Å². The van der Waals surface area contributed by atoms with E-state index in [1.165, 1.54) is 12.1 Å². The molecule has 2 aromatic rings. The highest BCUT2D eigenvalue weighted by atomic mass is 19.4. The van der Waals surface area contributed by atoms with Gasteiger partial charge in [0.05, 0.1) is 5.56 Å². The maximum Gasteiger partial charge on any atom is 0.416 e. The van der Waals surface area contributed by atoms with E-state index in [2.05, 4.69) is 10.3 Å². The number of nitrogens with one attached hydrogen (secondary N) is 1. The van der Waals surface area contributed by atoms with Crippen molar-refractivity contribution in [1.82, 2.24) is 10.3 Å². The quantitative estimate of drug-likeness (QED) is 0.905. The zero-order valence-corrected chi connectivity index (χ0v) is 11.4. The van der Waals surface area contributed by atoms with Crippen molar-refractivity contribution in [3.05, 3.63) is 53.9 Å². The smallest absolute Gasteiger partial charge is 0.416 e. The lowest BCUT2D eigenvalue weighted by Crippen LogP contribution is -2.12. The fraction of sp³-hybridized carbons (Fsp3) is 0.267. The molecular weight excluding hydrogens is 281 g/mol. The molecule has 0 spiro atoms. The Balaban J connectivity index is 2.15. The number of halogens is 3. The van der Waals surface area contributed by atoms with E-state index in [1.54, 1.807) is 18.5 Å². The summed E-state index contributed by atoms with van der Waals surface area (Å²) in [5.74, 6) is 0.928. The fourth-order valence-electron chi connectivity index (χ4n) is 1.75. The fourth-order valence-corrected chi connectivity index (χ4v) is 1.75. The van der Waals surface area contributed by atoms with Gasteiger partial charge in [-0.2, -0.15) is 13.2 Å². The van der Waals surface area contributed by atoms with Gasteiger partial charge >= 0.3 is 6.18 Å². The molecule has 0 atom stereocenters. The van der Waals surface area contributed by atoms with Gasteiger partial charge in [0.15, 0.2) is 0 Å². The van der Waals surface area contributed by atoms with Crippen LogP contribution >= 0.6 is 0 Å². The predicted octanol–water partition coefficient (Wildman–Crippen LogP) is 4.00. The number of hydrogen-bond acceptors (Lipinski definition) is 3. The zero-order chi connectivity index (χ0) is 15.3. The number of benzene rings is 1. The van der Waals surface area contributed by atoms with Gasteiger partial charge in [0.25, 0.3) is 0 Å². The third-order valence-electron chi connectivity index (χ3n) is 2.83. The van der Waals surface area contributed by atoms with E-state index in [1.807, 2.05) is 6.92 Å². The summed E-state index contributed by atoms with van der Waals surface area (Å²) in [7, 11) is 0. The second-order valence-electron chi connectivity index (χ2n) is 4.39. The predicted molar refractivity (Wildman–Crippen MR) is 73.1 cm³/mol. The van der Waals surface area contributed by atoms with E-state index in [4.69, 9.17) is 4.74 Å². The zero-order valence-electron chi connectivity index (χ0n) is 11.4. The number of aromatic nitrogens is 1. The number of rotatable bonds is 5. The van der Waals surface area contributed by atoms with Crippen LogP contribution in [-0.2, 0) is 12.7 Å². The maximum absolute atomic E-state index is 12.5. The van der Waals surface area contributed by atoms with Crippen molar-refractivity contribution in [3.63, 3.8) is 0 Å². The average Bonchev–Trinajstić information content (AvgIpc) is 2.46. The molecule has 0 radical (unpaired) electrons. The van der Waals surface area contributed by atoms with Crippen molar-refractivity contribution in [2.24, 2.45) is 0 Å². The average molecular weight is 296 g/mol. The molecule has 21 heavy (non-hydrogen) atoms. The third kappa shape index (κ3) is 4.19. The Morgan fingerprint density at radius 2 is 1.86 bits per heavy atom. The summed E-state index contributed by atoms with van der Waals surface area (Å²) < 4.78 is 43.1. The van der Waals surface area contributed by atoms with Crippen molar-refractivity contribution < 1.29 is 17.9 Å². The molecule has 1 aromatic heterocycles. The van der Waals surface area contributed by atoms with Crippen LogP contribution in [0.3, 0.4) is 0 Å². The minimum absolute atomic E-state index is 0.354. The highest BCUT2D eigenvalue weighted by molar-refractivity contribution is 5.37. The molecule has 0 amide bonds. The third-order valence-corrected chi connectivity index (χ3v) is 2.83. The molecule has 3 nitrogen and oxygen atoms in total. The van der Waals surface area contributed by atoms with Crippen molar-refractivity contribution in [2.45, 2.75) is 19.6 Å². The van der Waals surface area contributed by atoms with Crippen LogP contribution in [0, 0.1) is 0 Å². The Labute approximate surface area is 120 Å². The molecule has 0 saturated carbocycles.